The summed E-state index contributed by atoms with van der Waals surface area (Å²) in [5, 5.41) is 6.61. The van der Waals surface area contributed by atoms with Gasteiger partial charge in [0, 0.05) is 17.9 Å². The van der Waals surface area contributed by atoms with Crippen molar-refractivity contribution in [3.8, 4) is 11.5 Å². The summed E-state index contributed by atoms with van der Waals surface area (Å²) in [6.45, 7) is 5.59. The Morgan fingerprint density at radius 2 is 1.78 bits per heavy atom. The molecule has 7 heteroatoms. The van der Waals surface area contributed by atoms with Gasteiger partial charge in [0.2, 0.25) is 5.95 Å². The van der Waals surface area contributed by atoms with Crippen molar-refractivity contribution in [1.29, 1.82) is 0 Å². The van der Waals surface area contributed by atoms with Gasteiger partial charge < -0.3 is 20.1 Å². The van der Waals surface area contributed by atoms with E-state index < -0.39 is 0 Å². The second-order valence-electron chi connectivity index (χ2n) is 5.26. The summed E-state index contributed by atoms with van der Waals surface area (Å²) in [4.78, 5) is 8.60. The lowest BCUT2D eigenvalue weighted by Crippen LogP contribution is -2.29. The van der Waals surface area contributed by atoms with E-state index in [0.717, 1.165) is 28.5 Å². The molecule has 1 aromatic heterocycles. The van der Waals surface area contributed by atoms with E-state index in [-0.39, 0.29) is 0 Å². The number of hydrogen-bond acceptors (Lipinski definition) is 5. The molecule has 0 amide bonds. The molecule has 6 nitrogen and oxygen atoms in total. The van der Waals surface area contributed by atoms with Crippen LogP contribution in [0.3, 0.4) is 0 Å². The number of fused-ring (bicyclic) bond motifs is 1. The van der Waals surface area contributed by atoms with E-state index in [9.17, 15) is 0 Å². The van der Waals surface area contributed by atoms with Crippen LogP contribution in [0.2, 0.25) is 0 Å². The zero-order valence-electron chi connectivity index (χ0n) is 13.0. The number of nitrogens with zero attached hydrogens (tertiary/aromatic N) is 2. The van der Waals surface area contributed by atoms with Crippen LogP contribution in [0.25, 0.3) is 0 Å². The van der Waals surface area contributed by atoms with E-state index in [2.05, 4.69) is 20.6 Å². The Hall–Kier alpha value is -2.41. The number of aromatic nitrogens is 2. The molecule has 1 aliphatic rings. The Morgan fingerprint density at radius 1 is 1.09 bits per heavy atom. The summed E-state index contributed by atoms with van der Waals surface area (Å²) < 4.78 is 11.1. The summed E-state index contributed by atoms with van der Waals surface area (Å²) in [7, 11) is 0. The number of aryl methyl sites for hydroxylation is 2. The molecule has 2 aromatic rings. The average molecular weight is 330 g/mol. The Kier molecular flexibility index (Phi) is 4.57. The highest BCUT2D eigenvalue weighted by molar-refractivity contribution is 7.80. The molecule has 0 spiro atoms. The van der Waals surface area contributed by atoms with Gasteiger partial charge in [-0.3, -0.25) is 0 Å². The number of benzene rings is 1. The van der Waals surface area contributed by atoms with Crippen LogP contribution in [0.1, 0.15) is 17.0 Å². The Labute approximate surface area is 140 Å². The summed E-state index contributed by atoms with van der Waals surface area (Å²) in [5.41, 5.74) is 2.85. The van der Waals surface area contributed by atoms with E-state index >= 15 is 0 Å². The molecule has 120 valence electrons. The molecule has 1 aliphatic heterocycles. The van der Waals surface area contributed by atoms with E-state index in [1.54, 1.807) is 0 Å². The average Bonchev–Trinajstić information content (AvgIpc) is 2.52. The quantitative estimate of drug-likeness (QED) is 0.837. The number of anilines is 1. The van der Waals surface area contributed by atoms with Crippen molar-refractivity contribution in [2.24, 2.45) is 0 Å². The van der Waals surface area contributed by atoms with Gasteiger partial charge in [0.15, 0.2) is 16.6 Å². The summed E-state index contributed by atoms with van der Waals surface area (Å²) >= 11 is 5.28. The summed E-state index contributed by atoms with van der Waals surface area (Å²) in [6.07, 6.45) is 0. The van der Waals surface area contributed by atoms with Crippen molar-refractivity contribution < 1.29 is 9.47 Å². The first-order chi connectivity index (χ1) is 11.1. The standard InChI is InChI=1S/C16H18N4O2S/c1-10-7-11(2)19-15(18-10)20-16(23)17-9-12-3-4-13-14(8-12)22-6-5-21-13/h3-4,7-8H,5-6,9H2,1-2H3,(H2,17,18,19,20,23). The molecule has 0 atom stereocenters. The molecule has 0 aliphatic carbocycles. The minimum atomic E-state index is 0.477. The first-order valence-electron chi connectivity index (χ1n) is 7.36. The van der Waals surface area contributed by atoms with Crippen molar-refractivity contribution in [3.05, 3.63) is 41.2 Å². The van der Waals surface area contributed by atoms with Crippen LogP contribution in [-0.2, 0) is 6.54 Å². The minimum absolute atomic E-state index is 0.477. The zero-order valence-corrected chi connectivity index (χ0v) is 13.9. The summed E-state index contributed by atoms with van der Waals surface area (Å²) in [6, 6.07) is 7.76. The number of rotatable bonds is 3. The maximum absolute atomic E-state index is 5.57. The fourth-order valence-electron chi connectivity index (χ4n) is 2.31. The normalized spacial score (nSPS) is 12.6. The molecule has 0 bridgehead atoms. The number of hydrogen-bond donors (Lipinski definition) is 2. The lowest BCUT2D eigenvalue weighted by atomic mass is 10.2. The van der Waals surface area contributed by atoms with Crippen molar-refractivity contribution in [2.45, 2.75) is 20.4 Å². The predicted octanol–water partition coefficient (Wildman–Crippen LogP) is 2.35. The van der Waals surface area contributed by atoms with Gasteiger partial charge >= 0.3 is 0 Å². The van der Waals surface area contributed by atoms with Crippen LogP contribution in [0, 0.1) is 13.8 Å². The van der Waals surface area contributed by atoms with Gasteiger partial charge in [-0.1, -0.05) is 6.07 Å². The van der Waals surface area contributed by atoms with Crippen LogP contribution in [0.5, 0.6) is 11.5 Å². The van der Waals surface area contributed by atoms with Crippen molar-refractivity contribution in [3.63, 3.8) is 0 Å². The highest BCUT2D eigenvalue weighted by Crippen LogP contribution is 2.30. The smallest absolute Gasteiger partial charge is 0.229 e. The van der Waals surface area contributed by atoms with Gasteiger partial charge in [-0.25, -0.2) is 9.97 Å². The molecule has 23 heavy (non-hydrogen) atoms. The number of nitrogens with one attached hydrogen (secondary N) is 2. The molecule has 0 saturated carbocycles. The number of ether oxygens (including phenoxy) is 2. The molecular weight excluding hydrogens is 312 g/mol. The minimum Gasteiger partial charge on any atom is -0.486 e. The van der Waals surface area contributed by atoms with Gasteiger partial charge in [0.25, 0.3) is 0 Å². The highest BCUT2D eigenvalue weighted by Gasteiger charge is 2.11. The van der Waals surface area contributed by atoms with E-state index in [1.807, 2.05) is 38.1 Å². The fraction of sp³-hybridized carbons (Fsp3) is 0.312. The van der Waals surface area contributed by atoms with Crippen molar-refractivity contribution in [1.82, 2.24) is 15.3 Å². The van der Waals surface area contributed by atoms with Crippen LogP contribution in [0.4, 0.5) is 5.95 Å². The topological polar surface area (TPSA) is 68.3 Å². The fourth-order valence-corrected chi connectivity index (χ4v) is 2.47. The Balaban J connectivity index is 1.58. The Bertz CT molecular complexity index is 716. The van der Waals surface area contributed by atoms with E-state index in [4.69, 9.17) is 21.7 Å². The molecule has 2 heterocycles. The third-order valence-electron chi connectivity index (χ3n) is 3.27. The lowest BCUT2D eigenvalue weighted by molar-refractivity contribution is 0.171. The van der Waals surface area contributed by atoms with Crippen LogP contribution in [-0.4, -0.2) is 28.3 Å². The zero-order chi connectivity index (χ0) is 16.2. The van der Waals surface area contributed by atoms with E-state index in [0.29, 0.717) is 30.8 Å². The van der Waals surface area contributed by atoms with Gasteiger partial charge in [-0.2, -0.15) is 0 Å². The molecule has 0 radical (unpaired) electrons. The monoisotopic (exact) mass is 330 g/mol. The lowest BCUT2D eigenvalue weighted by Gasteiger charge is -2.19. The molecule has 1 aromatic carbocycles. The van der Waals surface area contributed by atoms with Crippen LogP contribution in [0.15, 0.2) is 24.3 Å². The van der Waals surface area contributed by atoms with Crippen molar-refractivity contribution >= 4 is 23.3 Å². The van der Waals surface area contributed by atoms with Crippen LogP contribution >= 0.6 is 12.2 Å². The third kappa shape index (κ3) is 4.07. The second-order valence-corrected chi connectivity index (χ2v) is 5.67. The summed E-state index contributed by atoms with van der Waals surface area (Å²) in [5.74, 6) is 2.05. The van der Waals surface area contributed by atoms with E-state index in [1.165, 1.54) is 0 Å². The van der Waals surface area contributed by atoms with Gasteiger partial charge in [-0.05, 0) is 49.8 Å². The number of thiocarbonyl (C=S) groups is 1. The largest absolute Gasteiger partial charge is 0.486 e. The first-order valence-corrected chi connectivity index (χ1v) is 7.76. The maximum atomic E-state index is 5.57. The van der Waals surface area contributed by atoms with Gasteiger partial charge in [0.05, 0.1) is 0 Å². The predicted molar refractivity (Wildman–Crippen MR) is 92.0 cm³/mol. The molecule has 0 fully saturated rings. The Morgan fingerprint density at radius 3 is 2.52 bits per heavy atom. The second kappa shape index (κ2) is 6.78. The molecule has 2 N–H and O–H groups in total. The maximum Gasteiger partial charge on any atom is 0.229 e. The van der Waals surface area contributed by atoms with Gasteiger partial charge in [0.1, 0.15) is 13.2 Å². The molecule has 0 saturated heterocycles. The third-order valence-corrected chi connectivity index (χ3v) is 3.51. The highest BCUT2D eigenvalue weighted by atomic mass is 32.1. The molecule has 3 rings (SSSR count). The van der Waals surface area contributed by atoms with Crippen LogP contribution < -0.4 is 20.1 Å². The SMILES string of the molecule is Cc1cc(C)nc(NC(=S)NCc2ccc3c(c2)OCCO3)n1. The molecular formula is C16H18N4O2S. The molecule has 0 unspecified atom stereocenters. The van der Waals surface area contributed by atoms with Crippen molar-refractivity contribution in [2.75, 3.05) is 18.5 Å². The van der Waals surface area contributed by atoms with Gasteiger partial charge in [-0.15, -0.1) is 0 Å². The first kappa shape index (κ1) is 15.5.